The summed E-state index contributed by atoms with van der Waals surface area (Å²) in [6, 6.07) is 15.4. The van der Waals surface area contributed by atoms with E-state index in [0.29, 0.717) is 16.3 Å². The maximum atomic E-state index is 12.4. The predicted octanol–water partition coefficient (Wildman–Crippen LogP) is 4.83. The fourth-order valence-electron chi connectivity index (χ4n) is 2.82. The van der Waals surface area contributed by atoms with Crippen molar-refractivity contribution < 1.29 is 24.0 Å². The molecule has 0 aliphatic carbocycles. The number of hydrogen-bond donors (Lipinski definition) is 1. The highest BCUT2D eigenvalue weighted by Crippen LogP contribution is 2.36. The van der Waals surface area contributed by atoms with Gasteiger partial charge in [-0.05, 0) is 37.6 Å². The number of nitrogens with one attached hydrogen (secondary N) is 1. The molecule has 0 unspecified atom stereocenters. The van der Waals surface area contributed by atoms with Gasteiger partial charge in [0.05, 0.1) is 17.1 Å². The zero-order chi connectivity index (χ0) is 22.4. The molecule has 9 heteroatoms. The van der Waals surface area contributed by atoms with Crippen molar-refractivity contribution in [3.63, 3.8) is 0 Å². The first kappa shape index (κ1) is 22.0. The van der Waals surface area contributed by atoms with Crippen LogP contribution in [-0.2, 0) is 9.53 Å². The van der Waals surface area contributed by atoms with E-state index in [4.69, 9.17) is 9.47 Å². The van der Waals surface area contributed by atoms with Crippen molar-refractivity contribution >= 4 is 33.9 Å². The summed E-state index contributed by atoms with van der Waals surface area (Å²) in [5.41, 5.74) is 1.59. The number of rotatable bonds is 8. The number of thiophene rings is 1. The average molecular weight is 440 g/mol. The number of aryl methyl sites for hydroxylation is 1. The standard InChI is InChI=1S/C22H20N2O6S/c1-3-29-22(26)17-12-19(15-7-5-4-6-8-15)31-21(17)23-20(25)13-30-16-9-10-18(24(27)28)14(2)11-16/h4-12H,3,13H2,1-2H3,(H,23,25). The summed E-state index contributed by atoms with van der Waals surface area (Å²) < 4.78 is 10.6. The van der Waals surface area contributed by atoms with E-state index < -0.39 is 16.8 Å². The lowest BCUT2D eigenvalue weighted by atomic mass is 10.1. The summed E-state index contributed by atoms with van der Waals surface area (Å²) in [6.07, 6.45) is 0. The van der Waals surface area contributed by atoms with Gasteiger partial charge in [-0.15, -0.1) is 11.3 Å². The maximum Gasteiger partial charge on any atom is 0.341 e. The van der Waals surface area contributed by atoms with Crippen molar-refractivity contribution in [2.45, 2.75) is 13.8 Å². The number of hydrogen-bond acceptors (Lipinski definition) is 7. The van der Waals surface area contributed by atoms with Crippen LogP contribution in [0, 0.1) is 17.0 Å². The molecular formula is C22H20N2O6S. The first-order valence-corrected chi connectivity index (χ1v) is 10.2. The maximum absolute atomic E-state index is 12.4. The van der Waals surface area contributed by atoms with Crippen molar-refractivity contribution in [3.05, 3.63) is 75.8 Å². The number of nitro benzene ring substituents is 1. The van der Waals surface area contributed by atoms with Crippen molar-refractivity contribution in [1.29, 1.82) is 0 Å². The first-order chi connectivity index (χ1) is 14.9. The average Bonchev–Trinajstić information content (AvgIpc) is 3.16. The van der Waals surface area contributed by atoms with Crippen molar-refractivity contribution in [3.8, 4) is 16.2 Å². The molecule has 2 aromatic carbocycles. The van der Waals surface area contributed by atoms with Gasteiger partial charge >= 0.3 is 5.97 Å². The fourth-order valence-corrected chi connectivity index (χ4v) is 3.89. The summed E-state index contributed by atoms with van der Waals surface area (Å²) in [5, 5.41) is 14.0. The second kappa shape index (κ2) is 9.86. The van der Waals surface area contributed by atoms with Gasteiger partial charge in [-0.1, -0.05) is 30.3 Å². The van der Waals surface area contributed by atoms with Crippen LogP contribution in [0.4, 0.5) is 10.7 Å². The number of carbonyl (C=O) groups is 2. The van der Waals surface area contributed by atoms with Gasteiger partial charge in [0.25, 0.3) is 11.6 Å². The Balaban J connectivity index is 1.74. The van der Waals surface area contributed by atoms with Gasteiger partial charge in [0, 0.05) is 16.5 Å². The Bertz CT molecular complexity index is 1110. The zero-order valence-electron chi connectivity index (χ0n) is 16.9. The molecule has 0 bridgehead atoms. The summed E-state index contributed by atoms with van der Waals surface area (Å²) >= 11 is 1.26. The van der Waals surface area contributed by atoms with E-state index in [1.54, 1.807) is 19.9 Å². The van der Waals surface area contributed by atoms with Crippen LogP contribution >= 0.6 is 11.3 Å². The number of anilines is 1. The van der Waals surface area contributed by atoms with Gasteiger partial charge in [0.2, 0.25) is 0 Å². The highest BCUT2D eigenvalue weighted by Gasteiger charge is 2.20. The number of nitro groups is 1. The highest BCUT2D eigenvalue weighted by molar-refractivity contribution is 7.20. The summed E-state index contributed by atoms with van der Waals surface area (Å²) in [6.45, 7) is 3.19. The number of amides is 1. The van der Waals surface area contributed by atoms with Gasteiger partial charge < -0.3 is 14.8 Å². The summed E-state index contributed by atoms with van der Waals surface area (Å²) in [5.74, 6) is -0.661. The quantitative estimate of drug-likeness (QED) is 0.305. The molecule has 160 valence electrons. The van der Waals surface area contributed by atoms with Crippen molar-refractivity contribution in [2.75, 3.05) is 18.5 Å². The minimum absolute atomic E-state index is 0.0251. The van der Waals surface area contributed by atoms with Gasteiger partial charge in [-0.2, -0.15) is 0 Å². The molecule has 1 heterocycles. The number of esters is 1. The Kier molecular flexibility index (Phi) is 6.99. The van der Waals surface area contributed by atoms with Gasteiger partial charge in [-0.25, -0.2) is 4.79 Å². The van der Waals surface area contributed by atoms with Crippen LogP contribution < -0.4 is 10.1 Å². The number of nitrogens with zero attached hydrogens (tertiary/aromatic N) is 1. The van der Waals surface area contributed by atoms with Crippen molar-refractivity contribution in [2.24, 2.45) is 0 Å². The molecule has 1 N–H and O–H groups in total. The van der Waals surface area contributed by atoms with E-state index in [2.05, 4.69) is 5.32 Å². The van der Waals surface area contributed by atoms with Gasteiger partial charge in [-0.3, -0.25) is 14.9 Å². The molecule has 0 saturated heterocycles. The number of benzene rings is 2. The van der Waals surface area contributed by atoms with Crippen molar-refractivity contribution in [1.82, 2.24) is 0 Å². The molecule has 0 saturated carbocycles. The third-order valence-electron chi connectivity index (χ3n) is 4.27. The van der Waals surface area contributed by atoms with Gasteiger partial charge in [0.1, 0.15) is 10.8 Å². The van der Waals surface area contributed by atoms with E-state index in [-0.39, 0.29) is 24.5 Å². The van der Waals surface area contributed by atoms with Crippen LogP contribution in [0.5, 0.6) is 5.75 Å². The van der Waals surface area contributed by atoms with Crippen LogP contribution in [0.2, 0.25) is 0 Å². The molecule has 8 nitrogen and oxygen atoms in total. The molecule has 0 aliphatic rings. The second-order valence-corrected chi connectivity index (χ2v) is 7.53. The monoisotopic (exact) mass is 440 g/mol. The zero-order valence-corrected chi connectivity index (χ0v) is 17.7. The normalized spacial score (nSPS) is 10.4. The van der Waals surface area contributed by atoms with Crippen LogP contribution in [0.3, 0.4) is 0 Å². The van der Waals surface area contributed by atoms with E-state index in [9.17, 15) is 19.7 Å². The molecule has 1 amide bonds. The number of carbonyl (C=O) groups excluding carboxylic acids is 2. The Hall–Kier alpha value is -3.72. The first-order valence-electron chi connectivity index (χ1n) is 9.43. The van der Waals surface area contributed by atoms with Crippen LogP contribution in [0.15, 0.2) is 54.6 Å². The Morgan fingerprint density at radius 2 is 1.87 bits per heavy atom. The molecule has 3 rings (SSSR count). The highest BCUT2D eigenvalue weighted by atomic mass is 32.1. The van der Waals surface area contributed by atoms with Crippen LogP contribution in [0.1, 0.15) is 22.8 Å². The lowest BCUT2D eigenvalue weighted by Gasteiger charge is -2.08. The van der Waals surface area contributed by atoms with E-state index in [1.165, 1.54) is 29.5 Å². The molecule has 0 aliphatic heterocycles. The molecule has 1 aromatic heterocycles. The lowest BCUT2D eigenvalue weighted by molar-refractivity contribution is -0.385. The molecule has 0 fully saturated rings. The van der Waals surface area contributed by atoms with Gasteiger partial charge in [0.15, 0.2) is 6.61 Å². The van der Waals surface area contributed by atoms with E-state index in [1.807, 2.05) is 30.3 Å². The molecular weight excluding hydrogens is 420 g/mol. The summed E-state index contributed by atoms with van der Waals surface area (Å²) in [4.78, 5) is 36.0. The topological polar surface area (TPSA) is 108 Å². The van der Waals surface area contributed by atoms with Crippen LogP contribution in [0.25, 0.3) is 10.4 Å². The Morgan fingerprint density at radius 1 is 1.13 bits per heavy atom. The molecule has 3 aromatic rings. The van der Waals surface area contributed by atoms with E-state index in [0.717, 1.165) is 10.4 Å². The second-order valence-electron chi connectivity index (χ2n) is 6.48. The lowest BCUT2D eigenvalue weighted by Crippen LogP contribution is -2.21. The summed E-state index contributed by atoms with van der Waals surface area (Å²) in [7, 11) is 0. The molecule has 0 spiro atoms. The fraction of sp³-hybridized carbons (Fsp3) is 0.182. The largest absolute Gasteiger partial charge is 0.484 e. The van der Waals surface area contributed by atoms with E-state index >= 15 is 0 Å². The molecule has 0 atom stereocenters. The molecule has 0 radical (unpaired) electrons. The Labute approximate surface area is 182 Å². The minimum atomic E-state index is -0.525. The third-order valence-corrected chi connectivity index (χ3v) is 5.37. The SMILES string of the molecule is CCOC(=O)c1cc(-c2ccccc2)sc1NC(=O)COc1ccc([N+](=O)[O-])c(C)c1. The predicted molar refractivity (Wildman–Crippen MR) is 118 cm³/mol. The smallest absolute Gasteiger partial charge is 0.341 e. The number of ether oxygens (including phenoxy) is 2. The molecule has 31 heavy (non-hydrogen) atoms. The van der Waals surface area contributed by atoms with Crippen LogP contribution in [-0.4, -0.2) is 30.0 Å². The Morgan fingerprint density at radius 3 is 2.52 bits per heavy atom. The minimum Gasteiger partial charge on any atom is -0.484 e. The third kappa shape index (κ3) is 5.46.